The zero-order valence-electron chi connectivity index (χ0n) is 20.1. The van der Waals surface area contributed by atoms with Crippen LogP contribution >= 0.6 is 0 Å². The molecule has 0 unspecified atom stereocenters. The molecular formula is C22H37N7O5. The summed E-state index contributed by atoms with van der Waals surface area (Å²) in [5.74, 6) is -0.0232. The van der Waals surface area contributed by atoms with Crippen molar-refractivity contribution < 1.29 is 24.3 Å². The second-order valence-electron chi connectivity index (χ2n) is 8.47. The quantitative estimate of drug-likeness (QED) is 0.211. The van der Waals surface area contributed by atoms with Crippen molar-refractivity contribution in [2.75, 3.05) is 19.6 Å². The molecule has 1 rings (SSSR count). The molecule has 12 nitrogen and oxygen atoms in total. The number of phenols is 1. The van der Waals surface area contributed by atoms with Crippen molar-refractivity contribution >= 4 is 24.0 Å². The molecule has 0 saturated carbocycles. The van der Waals surface area contributed by atoms with Crippen LogP contribution in [0.3, 0.4) is 0 Å². The Morgan fingerprint density at radius 1 is 0.853 bits per heavy atom. The molecular weight excluding hydrogens is 442 g/mol. The highest BCUT2D eigenvalue weighted by molar-refractivity contribution is 5.76. The van der Waals surface area contributed by atoms with Gasteiger partial charge in [0.1, 0.15) is 5.75 Å². The second kappa shape index (κ2) is 14.4. The number of carbonyl (C=O) groups excluding carboxylic acids is 4. The Hall–Kier alpha value is -3.70. The number of hydrogen-bond donors (Lipinski definition) is 8. The lowest BCUT2D eigenvalue weighted by atomic mass is 10.0. The number of urea groups is 3. The van der Waals surface area contributed by atoms with Gasteiger partial charge in [-0.1, -0.05) is 26.0 Å². The molecule has 0 aromatic heterocycles. The molecule has 12 heteroatoms. The highest BCUT2D eigenvalue weighted by Gasteiger charge is 2.19. The van der Waals surface area contributed by atoms with E-state index in [4.69, 9.17) is 5.73 Å². The number of carbonyl (C=O) groups is 4. The first-order chi connectivity index (χ1) is 16.0. The van der Waals surface area contributed by atoms with Gasteiger partial charge in [-0.2, -0.15) is 0 Å². The summed E-state index contributed by atoms with van der Waals surface area (Å²) >= 11 is 0. The number of aromatic hydroxyl groups is 1. The number of primary amides is 1. The Morgan fingerprint density at radius 3 is 2.00 bits per heavy atom. The molecule has 0 aliphatic heterocycles. The monoisotopic (exact) mass is 479 g/mol. The number of phenolic OH excluding ortho intramolecular Hbond substituents is 1. The van der Waals surface area contributed by atoms with Gasteiger partial charge in [0.05, 0.1) is 12.1 Å². The molecule has 0 radical (unpaired) electrons. The van der Waals surface area contributed by atoms with Crippen LogP contribution in [0.2, 0.25) is 0 Å². The lowest BCUT2D eigenvalue weighted by Gasteiger charge is -2.25. The van der Waals surface area contributed by atoms with E-state index in [0.29, 0.717) is 6.42 Å². The third kappa shape index (κ3) is 12.4. The summed E-state index contributed by atoms with van der Waals surface area (Å²) in [6.45, 7) is 7.55. The van der Waals surface area contributed by atoms with E-state index in [1.165, 1.54) is 19.1 Å². The SMILES string of the molecule is CC(=O)N[C@@H](C)CNC(=O)N[C@H](CNC(=O)N[C@H](CNC(N)=O)Cc1ccc(O)cc1)C(C)C. The van der Waals surface area contributed by atoms with Crippen LogP contribution in [0.25, 0.3) is 0 Å². The van der Waals surface area contributed by atoms with E-state index in [0.717, 1.165) is 5.56 Å². The number of hydrogen-bond acceptors (Lipinski definition) is 5. The zero-order valence-corrected chi connectivity index (χ0v) is 20.1. The van der Waals surface area contributed by atoms with E-state index in [9.17, 15) is 24.3 Å². The Balaban J connectivity index is 2.59. The third-order valence-corrected chi connectivity index (χ3v) is 4.90. The van der Waals surface area contributed by atoms with E-state index in [1.54, 1.807) is 19.1 Å². The summed E-state index contributed by atoms with van der Waals surface area (Å²) in [5.41, 5.74) is 6.00. The highest BCUT2D eigenvalue weighted by atomic mass is 16.3. The molecule has 0 aliphatic carbocycles. The fraction of sp³-hybridized carbons (Fsp3) is 0.545. The van der Waals surface area contributed by atoms with Crippen molar-refractivity contribution in [3.8, 4) is 5.75 Å². The van der Waals surface area contributed by atoms with Crippen LogP contribution in [0.5, 0.6) is 5.75 Å². The van der Waals surface area contributed by atoms with E-state index in [-0.39, 0.29) is 49.3 Å². The summed E-state index contributed by atoms with van der Waals surface area (Å²) in [4.78, 5) is 46.9. The van der Waals surface area contributed by atoms with Crippen LogP contribution in [-0.2, 0) is 11.2 Å². The summed E-state index contributed by atoms with van der Waals surface area (Å²) in [7, 11) is 0. The average molecular weight is 480 g/mol. The molecule has 0 bridgehead atoms. The Morgan fingerprint density at radius 2 is 1.44 bits per heavy atom. The molecule has 7 amide bonds. The maximum absolute atomic E-state index is 12.5. The highest BCUT2D eigenvalue weighted by Crippen LogP contribution is 2.11. The standard InChI is InChI=1S/C22H37N7O5/c1-13(2)19(29-22(34)25-10-14(3)27-15(4)30)12-26-21(33)28-17(11-24-20(23)32)9-16-5-7-18(31)8-6-16/h5-8,13-14,17,19,31H,9-12H2,1-4H3,(H,27,30)(H3,23,24,32)(H2,25,29,34)(H2,26,28,33)/t14-,17-,19+/m0/s1. The fourth-order valence-corrected chi connectivity index (χ4v) is 3.07. The predicted octanol–water partition coefficient (Wildman–Crippen LogP) is 0.119. The van der Waals surface area contributed by atoms with Gasteiger partial charge in [0.2, 0.25) is 5.91 Å². The smallest absolute Gasteiger partial charge is 0.315 e. The van der Waals surface area contributed by atoms with E-state index < -0.39 is 24.1 Å². The molecule has 190 valence electrons. The van der Waals surface area contributed by atoms with Gasteiger partial charge in [-0.15, -0.1) is 0 Å². The molecule has 34 heavy (non-hydrogen) atoms. The Bertz CT molecular complexity index is 816. The number of nitrogens with one attached hydrogen (secondary N) is 6. The van der Waals surface area contributed by atoms with Gasteiger partial charge < -0.3 is 42.7 Å². The van der Waals surface area contributed by atoms with Crippen LogP contribution in [0.4, 0.5) is 14.4 Å². The molecule has 0 saturated heterocycles. The molecule has 9 N–H and O–H groups in total. The lowest BCUT2D eigenvalue weighted by Crippen LogP contribution is -2.54. The van der Waals surface area contributed by atoms with Gasteiger partial charge >= 0.3 is 18.1 Å². The summed E-state index contributed by atoms with van der Waals surface area (Å²) in [6, 6.07) is 3.90. The third-order valence-electron chi connectivity index (χ3n) is 4.90. The molecule has 3 atom stereocenters. The summed E-state index contributed by atoms with van der Waals surface area (Å²) < 4.78 is 0. The van der Waals surface area contributed by atoms with Crippen LogP contribution < -0.4 is 37.6 Å². The van der Waals surface area contributed by atoms with E-state index in [2.05, 4.69) is 31.9 Å². The first kappa shape index (κ1) is 28.3. The maximum atomic E-state index is 12.5. The minimum absolute atomic E-state index is 0.0307. The fourth-order valence-electron chi connectivity index (χ4n) is 3.07. The molecule has 1 aromatic carbocycles. The molecule has 0 fully saturated rings. The van der Waals surface area contributed by atoms with Gasteiger partial charge in [0.25, 0.3) is 0 Å². The van der Waals surface area contributed by atoms with Crippen LogP contribution in [0, 0.1) is 5.92 Å². The zero-order chi connectivity index (χ0) is 25.7. The summed E-state index contributed by atoms with van der Waals surface area (Å²) in [6.07, 6.45) is 0.398. The molecule has 0 aliphatic rings. The molecule has 1 aromatic rings. The van der Waals surface area contributed by atoms with Gasteiger partial charge in [-0.25, -0.2) is 14.4 Å². The number of benzene rings is 1. The van der Waals surface area contributed by atoms with Gasteiger partial charge in [0.15, 0.2) is 0 Å². The largest absolute Gasteiger partial charge is 0.508 e. The minimum atomic E-state index is -0.708. The van der Waals surface area contributed by atoms with E-state index >= 15 is 0 Å². The summed E-state index contributed by atoms with van der Waals surface area (Å²) in [5, 5.41) is 25.6. The second-order valence-corrected chi connectivity index (χ2v) is 8.47. The molecule has 0 heterocycles. The van der Waals surface area contributed by atoms with Crippen LogP contribution in [0.1, 0.15) is 33.3 Å². The number of rotatable bonds is 12. The first-order valence-corrected chi connectivity index (χ1v) is 11.1. The minimum Gasteiger partial charge on any atom is -0.508 e. The van der Waals surface area contributed by atoms with Crippen molar-refractivity contribution in [2.24, 2.45) is 11.7 Å². The average Bonchev–Trinajstić information content (AvgIpc) is 2.74. The van der Waals surface area contributed by atoms with Gasteiger partial charge in [-0.05, 0) is 37.0 Å². The number of nitrogens with two attached hydrogens (primary N) is 1. The Kier molecular flexibility index (Phi) is 12.0. The van der Waals surface area contributed by atoms with Gasteiger partial charge in [0, 0.05) is 32.6 Å². The Labute approximate surface area is 199 Å². The van der Waals surface area contributed by atoms with Crippen molar-refractivity contribution in [3.05, 3.63) is 29.8 Å². The van der Waals surface area contributed by atoms with Crippen molar-refractivity contribution in [2.45, 2.75) is 52.2 Å². The van der Waals surface area contributed by atoms with E-state index in [1.807, 2.05) is 13.8 Å². The topological polar surface area (TPSA) is 187 Å². The normalized spacial score (nSPS) is 13.2. The van der Waals surface area contributed by atoms with Crippen molar-refractivity contribution in [3.63, 3.8) is 0 Å². The first-order valence-electron chi connectivity index (χ1n) is 11.1. The van der Waals surface area contributed by atoms with Crippen molar-refractivity contribution in [1.82, 2.24) is 31.9 Å². The van der Waals surface area contributed by atoms with Crippen LogP contribution in [0.15, 0.2) is 24.3 Å². The predicted molar refractivity (Wildman–Crippen MR) is 128 cm³/mol. The van der Waals surface area contributed by atoms with Crippen molar-refractivity contribution in [1.29, 1.82) is 0 Å². The number of amides is 7. The van der Waals surface area contributed by atoms with Crippen LogP contribution in [-0.4, -0.2) is 66.9 Å². The lowest BCUT2D eigenvalue weighted by molar-refractivity contribution is -0.119. The maximum Gasteiger partial charge on any atom is 0.315 e. The molecule has 0 spiro atoms. The van der Waals surface area contributed by atoms with Gasteiger partial charge in [-0.3, -0.25) is 4.79 Å².